The molecule has 2 heterocycles. The van der Waals surface area contributed by atoms with E-state index in [-0.39, 0.29) is 0 Å². The van der Waals surface area contributed by atoms with Gasteiger partial charge in [-0.05, 0) is 115 Å². The molecule has 0 amide bonds. The fraction of sp³-hybridized carbons (Fsp3) is 0. The van der Waals surface area contributed by atoms with E-state index >= 15 is 0 Å². The van der Waals surface area contributed by atoms with Gasteiger partial charge in [0.05, 0.1) is 11.0 Å². The molecule has 0 saturated carbocycles. The maximum atomic E-state index is 2.45. The van der Waals surface area contributed by atoms with Gasteiger partial charge in [-0.1, -0.05) is 121 Å². The smallest absolute Gasteiger partial charge is 0.0541 e. The van der Waals surface area contributed by atoms with Crippen molar-refractivity contribution in [1.82, 2.24) is 4.57 Å². The maximum absolute atomic E-state index is 2.45. The van der Waals surface area contributed by atoms with Crippen molar-refractivity contribution in [3.05, 3.63) is 164 Å². The van der Waals surface area contributed by atoms with Crippen LogP contribution in [0.5, 0.6) is 0 Å². The van der Waals surface area contributed by atoms with E-state index in [1.54, 1.807) is 0 Å². The average molecular weight is 626 g/mol. The summed E-state index contributed by atoms with van der Waals surface area (Å²) < 4.78 is 2.45. The minimum Gasteiger partial charge on any atom is -0.309 e. The Morgan fingerprint density at radius 2 is 1.00 bits per heavy atom. The Kier molecular flexibility index (Phi) is 5.38. The van der Waals surface area contributed by atoms with Gasteiger partial charge in [-0.2, -0.15) is 0 Å². The maximum Gasteiger partial charge on any atom is 0.0541 e. The van der Waals surface area contributed by atoms with E-state index in [1.807, 2.05) is 11.8 Å². The highest BCUT2D eigenvalue weighted by Gasteiger charge is 2.21. The summed E-state index contributed by atoms with van der Waals surface area (Å²) in [7, 11) is 0. The molecule has 0 aliphatic carbocycles. The first-order valence-corrected chi connectivity index (χ1v) is 17.3. The molecule has 1 aliphatic rings. The zero-order valence-electron chi connectivity index (χ0n) is 25.9. The van der Waals surface area contributed by atoms with Crippen LogP contribution in [0.3, 0.4) is 0 Å². The molecule has 11 rings (SSSR count). The van der Waals surface area contributed by atoms with Crippen molar-refractivity contribution in [3.8, 4) is 27.9 Å². The molecule has 1 aromatic heterocycles. The lowest BCUT2D eigenvalue weighted by molar-refractivity contribution is 1.19. The van der Waals surface area contributed by atoms with Gasteiger partial charge < -0.3 is 4.57 Å². The highest BCUT2D eigenvalue weighted by Crippen LogP contribution is 2.49. The lowest BCUT2D eigenvalue weighted by atomic mass is 9.92. The van der Waals surface area contributed by atoms with Crippen LogP contribution in [0.1, 0.15) is 0 Å². The second-order valence-corrected chi connectivity index (χ2v) is 14.0. The van der Waals surface area contributed by atoms with Crippen LogP contribution in [0, 0.1) is 0 Å². The van der Waals surface area contributed by atoms with Crippen molar-refractivity contribution < 1.29 is 0 Å². The van der Waals surface area contributed by atoms with Gasteiger partial charge in [0.1, 0.15) is 0 Å². The topological polar surface area (TPSA) is 4.93 Å². The Bertz CT molecular complexity index is 2950. The minimum absolute atomic E-state index is 1.18. The molecule has 9 aromatic carbocycles. The van der Waals surface area contributed by atoms with Gasteiger partial charge in [0.25, 0.3) is 0 Å². The highest BCUT2D eigenvalue weighted by molar-refractivity contribution is 7.99. The quantitative estimate of drug-likeness (QED) is 0.173. The van der Waals surface area contributed by atoms with Crippen molar-refractivity contribution in [2.24, 2.45) is 0 Å². The lowest BCUT2D eigenvalue weighted by Crippen LogP contribution is -1.95. The highest BCUT2D eigenvalue weighted by atomic mass is 32.2. The van der Waals surface area contributed by atoms with Gasteiger partial charge in [0.2, 0.25) is 0 Å². The normalized spacial score (nSPS) is 12.5. The molecule has 0 radical (unpaired) electrons. The van der Waals surface area contributed by atoms with Crippen molar-refractivity contribution in [2.45, 2.75) is 9.79 Å². The largest absolute Gasteiger partial charge is 0.309 e. The number of para-hydroxylation sites is 1. The average Bonchev–Trinajstić information content (AvgIpc) is 3.48. The molecule has 48 heavy (non-hydrogen) atoms. The van der Waals surface area contributed by atoms with E-state index in [0.29, 0.717) is 0 Å². The first kappa shape index (κ1) is 26.3. The Morgan fingerprint density at radius 1 is 0.354 bits per heavy atom. The van der Waals surface area contributed by atoms with Gasteiger partial charge in [-0.25, -0.2) is 0 Å². The molecule has 0 saturated heterocycles. The molecule has 1 nitrogen and oxygen atoms in total. The summed E-state index contributed by atoms with van der Waals surface area (Å²) in [5, 5.41) is 13.0. The number of aromatic nitrogens is 1. The fourth-order valence-corrected chi connectivity index (χ4v) is 9.37. The predicted molar refractivity (Wildman–Crippen MR) is 206 cm³/mol. The summed E-state index contributed by atoms with van der Waals surface area (Å²) >= 11 is 1.88. The van der Waals surface area contributed by atoms with Crippen LogP contribution in [0.25, 0.3) is 92.8 Å². The van der Waals surface area contributed by atoms with E-state index in [2.05, 4.69) is 168 Å². The molecule has 1 aliphatic heterocycles. The first-order valence-electron chi connectivity index (χ1n) is 16.5. The second kappa shape index (κ2) is 9.84. The van der Waals surface area contributed by atoms with Gasteiger partial charge in [-0.15, -0.1) is 0 Å². The van der Waals surface area contributed by atoms with E-state index in [9.17, 15) is 0 Å². The van der Waals surface area contributed by atoms with Crippen LogP contribution in [0.4, 0.5) is 0 Å². The van der Waals surface area contributed by atoms with Crippen molar-refractivity contribution in [2.75, 3.05) is 0 Å². The third kappa shape index (κ3) is 3.64. The van der Waals surface area contributed by atoms with Crippen molar-refractivity contribution in [3.63, 3.8) is 0 Å². The summed E-state index contributed by atoms with van der Waals surface area (Å²) in [4.78, 5) is 2.66. The number of nitrogens with zero attached hydrogens (tertiary/aromatic N) is 1. The zero-order valence-corrected chi connectivity index (χ0v) is 26.8. The van der Waals surface area contributed by atoms with Crippen LogP contribution in [-0.4, -0.2) is 4.57 Å². The molecule has 0 spiro atoms. The molecule has 222 valence electrons. The van der Waals surface area contributed by atoms with Crippen LogP contribution in [0.2, 0.25) is 0 Å². The predicted octanol–water partition coefficient (Wildman–Crippen LogP) is 13.2. The van der Waals surface area contributed by atoms with Gasteiger partial charge >= 0.3 is 0 Å². The molecule has 0 unspecified atom stereocenters. The molecule has 0 atom stereocenters. The minimum atomic E-state index is 1.18. The van der Waals surface area contributed by atoms with E-state index in [4.69, 9.17) is 0 Å². The Balaban J connectivity index is 1.15. The third-order valence-corrected chi connectivity index (χ3v) is 11.5. The van der Waals surface area contributed by atoms with Gasteiger partial charge in [-0.3, -0.25) is 0 Å². The number of benzene rings is 9. The van der Waals surface area contributed by atoms with E-state index in [0.717, 1.165) is 0 Å². The van der Waals surface area contributed by atoms with Gasteiger partial charge in [0.15, 0.2) is 0 Å². The van der Waals surface area contributed by atoms with Gasteiger partial charge in [0, 0.05) is 31.6 Å². The zero-order chi connectivity index (χ0) is 31.3. The number of fused-ring (bicyclic) bond motifs is 11. The summed E-state index contributed by atoms with van der Waals surface area (Å²) in [5.74, 6) is 0. The van der Waals surface area contributed by atoms with Crippen LogP contribution in [0.15, 0.2) is 174 Å². The monoisotopic (exact) mass is 625 g/mol. The molecule has 2 heteroatoms. The molecule has 10 aromatic rings. The first-order chi connectivity index (χ1) is 23.8. The van der Waals surface area contributed by atoms with Crippen LogP contribution in [-0.2, 0) is 0 Å². The van der Waals surface area contributed by atoms with E-state index < -0.39 is 0 Å². The molecular formula is C46H27NS. The lowest BCUT2D eigenvalue weighted by Gasteiger charge is -2.21. The van der Waals surface area contributed by atoms with Crippen LogP contribution >= 0.6 is 11.8 Å². The summed E-state index contributed by atoms with van der Waals surface area (Å²) in [6.45, 7) is 0. The number of hydrogen-bond donors (Lipinski definition) is 0. The Morgan fingerprint density at radius 3 is 1.81 bits per heavy atom. The summed E-state index contributed by atoms with van der Waals surface area (Å²) in [6.07, 6.45) is 0. The SMILES string of the molecule is c1ccc2c(c1)Sc1cccc3cc(-c4ccc5c(c4)c4ccccc4n5-c4ccc5c6ccccc6c6ccccc6c5c4)cc-2c13. The summed E-state index contributed by atoms with van der Waals surface area (Å²) in [6, 6.07) is 60.8. The second-order valence-electron chi connectivity index (χ2n) is 12.9. The van der Waals surface area contributed by atoms with E-state index in [1.165, 1.54) is 103 Å². The Labute approximate surface area is 281 Å². The van der Waals surface area contributed by atoms with Crippen molar-refractivity contribution >= 4 is 76.7 Å². The van der Waals surface area contributed by atoms with Crippen LogP contribution < -0.4 is 0 Å². The molecular weight excluding hydrogens is 599 g/mol. The van der Waals surface area contributed by atoms with Crippen molar-refractivity contribution in [1.29, 1.82) is 0 Å². The Hall–Kier alpha value is -5.83. The molecule has 0 bridgehead atoms. The number of rotatable bonds is 2. The number of hydrogen-bond acceptors (Lipinski definition) is 1. The standard InChI is InChI=1S/C46H27NS/c1-2-13-34-32(11-1)33-12-3-4-14-35(33)39-27-31(21-22-36(34)39)47-42-17-7-5-15-37(42)40-25-28(20-23-43(40)47)30-24-29-10-9-19-45-46(29)41(26-30)38-16-6-8-18-44(38)48-45/h1-27H. The molecule has 0 N–H and O–H groups in total. The summed E-state index contributed by atoms with van der Waals surface area (Å²) in [5.41, 5.74) is 8.75. The molecule has 0 fully saturated rings. The fourth-order valence-electron chi connectivity index (χ4n) is 8.22. The third-order valence-electron chi connectivity index (χ3n) is 10.3.